The van der Waals surface area contributed by atoms with E-state index in [4.69, 9.17) is 5.11 Å². The van der Waals surface area contributed by atoms with Crippen molar-refractivity contribution in [2.45, 2.75) is 13.8 Å². The van der Waals surface area contributed by atoms with Crippen LogP contribution in [-0.4, -0.2) is 25.6 Å². The van der Waals surface area contributed by atoms with E-state index < -0.39 is 5.97 Å². The Morgan fingerprint density at radius 1 is 1.17 bits per heavy atom. The molecule has 0 saturated heterocycles. The van der Waals surface area contributed by atoms with Gasteiger partial charge in [0, 0.05) is 17.1 Å². The van der Waals surface area contributed by atoms with Gasteiger partial charge in [0.25, 0.3) is 0 Å². The molecule has 0 spiro atoms. The third-order valence-electron chi connectivity index (χ3n) is 4.91. The second kappa shape index (κ2) is 7.13. The molecule has 0 radical (unpaired) electrons. The van der Waals surface area contributed by atoms with E-state index in [0.29, 0.717) is 11.4 Å². The minimum atomic E-state index is -0.953. The molecule has 0 saturated carbocycles. The Hall–Kier alpha value is -4.11. The van der Waals surface area contributed by atoms with Crippen LogP contribution in [-0.2, 0) is 0 Å². The molecular weight excluding hydrogens is 364 g/mol. The quantitative estimate of drug-likeness (QED) is 0.499. The zero-order valence-electron chi connectivity index (χ0n) is 16.0. The van der Waals surface area contributed by atoms with Gasteiger partial charge in [-0.05, 0) is 68.0 Å². The SMILES string of the molecule is Cc1cc(/C=C(\C#N)c2nc3ccccc3[nH]2)c(C)n1-c1ccc(C(=O)O)cc1. The minimum Gasteiger partial charge on any atom is -0.478 e. The number of hydrogen-bond donors (Lipinski definition) is 2. The molecule has 0 atom stereocenters. The number of aromatic amines is 1. The van der Waals surface area contributed by atoms with Crippen molar-refractivity contribution in [2.75, 3.05) is 0 Å². The Morgan fingerprint density at radius 3 is 2.55 bits per heavy atom. The number of allylic oxidation sites excluding steroid dienone is 1. The maximum absolute atomic E-state index is 11.1. The van der Waals surface area contributed by atoms with Crippen LogP contribution in [0.4, 0.5) is 0 Å². The number of benzene rings is 2. The van der Waals surface area contributed by atoms with Gasteiger partial charge in [-0.3, -0.25) is 0 Å². The highest BCUT2D eigenvalue weighted by atomic mass is 16.4. The van der Waals surface area contributed by atoms with Crippen molar-refractivity contribution in [1.29, 1.82) is 5.26 Å². The highest BCUT2D eigenvalue weighted by Gasteiger charge is 2.13. The number of carbonyl (C=O) groups is 1. The molecule has 2 N–H and O–H groups in total. The summed E-state index contributed by atoms with van der Waals surface area (Å²) in [7, 11) is 0. The standard InChI is InChI=1S/C23H18N4O2/c1-14-11-17(15(2)27(14)19-9-7-16(8-10-19)23(28)29)12-18(13-24)22-25-20-5-3-4-6-21(20)26-22/h3-12H,1-2H3,(H,25,26)(H,28,29)/b18-12+. The zero-order valence-corrected chi connectivity index (χ0v) is 16.0. The van der Waals surface area contributed by atoms with Crippen molar-refractivity contribution in [2.24, 2.45) is 0 Å². The average Bonchev–Trinajstić information content (AvgIpc) is 3.26. The fourth-order valence-corrected chi connectivity index (χ4v) is 3.47. The number of nitrogens with one attached hydrogen (secondary N) is 1. The van der Waals surface area contributed by atoms with Gasteiger partial charge in [-0.15, -0.1) is 0 Å². The molecule has 0 fully saturated rings. The van der Waals surface area contributed by atoms with Crippen LogP contribution >= 0.6 is 0 Å². The van der Waals surface area contributed by atoms with Crippen molar-refractivity contribution in [3.05, 3.63) is 82.9 Å². The Bertz CT molecular complexity index is 1270. The maximum Gasteiger partial charge on any atom is 0.335 e. The summed E-state index contributed by atoms with van der Waals surface area (Å²) < 4.78 is 2.03. The zero-order chi connectivity index (χ0) is 20.5. The van der Waals surface area contributed by atoms with Crippen molar-refractivity contribution in [3.8, 4) is 11.8 Å². The predicted molar refractivity (Wildman–Crippen MR) is 112 cm³/mol. The number of nitriles is 1. The molecule has 2 heterocycles. The molecule has 0 unspecified atom stereocenters. The van der Waals surface area contributed by atoms with E-state index in [9.17, 15) is 10.1 Å². The highest BCUT2D eigenvalue weighted by molar-refractivity contribution is 5.91. The smallest absolute Gasteiger partial charge is 0.335 e. The molecule has 0 aliphatic rings. The lowest BCUT2D eigenvalue weighted by Gasteiger charge is -2.10. The predicted octanol–water partition coefficient (Wildman–Crippen LogP) is 4.73. The second-order valence-corrected chi connectivity index (χ2v) is 6.79. The summed E-state index contributed by atoms with van der Waals surface area (Å²) in [5, 5.41) is 18.8. The molecule has 2 aromatic carbocycles. The van der Waals surface area contributed by atoms with Gasteiger partial charge in [-0.25, -0.2) is 9.78 Å². The van der Waals surface area contributed by atoms with E-state index in [2.05, 4.69) is 16.0 Å². The number of imidazole rings is 1. The molecule has 142 valence electrons. The van der Waals surface area contributed by atoms with Crippen LogP contribution in [0, 0.1) is 25.2 Å². The number of rotatable bonds is 4. The normalized spacial score (nSPS) is 11.6. The maximum atomic E-state index is 11.1. The number of nitrogens with zero attached hydrogens (tertiary/aromatic N) is 3. The fraction of sp³-hybridized carbons (Fsp3) is 0.0870. The van der Waals surface area contributed by atoms with Gasteiger partial charge >= 0.3 is 5.97 Å². The van der Waals surface area contributed by atoms with Gasteiger partial charge in [0.15, 0.2) is 0 Å². The summed E-state index contributed by atoms with van der Waals surface area (Å²) in [5.74, 6) is -0.421. The van der Waals surface area contributed by atoms with E-state index in [1.807, 2.05) is 54.8 Å². The lowest BCUT2D eigenvalue weighted by Crippen LogP contribution is -2.01. The molecule has 0 aliphatic heterocycles. The molecule has 4 rings (SSSR count). The average molecular weight is 382 g/mol. The number of para-hydroxylation sites is 2. The van der Waals surface area contributed by atoms with Crippen LogP contribution in [0.3, 0.4) is 0 Å². The fourth-order valence-electron chi connectivity index (χ4n) is 3.47. The summed E-state index contributed by atoms with van der Waals surface area (Å²) >= 11 is 0. The van der Waals surface area contributed by atoms with E-state index >= 15 is 0 Å². The molecule has 6 heteroatoms. The highest BCUT2D eigenvalue weighted by Crippen LogP contribution is 2.25. The number of aromatic nitrogens is 3. The monoisotopic (exact) mass is 382 g/mol. The number of H-pyrrole nitrogens is 1. The molecule has 2 aromatic heterocycles. The first kappa shape index (κ1) is 18.3. The first-order chi connectivity index (χ1) is 14.0. The van der Waals surface area contributed by atoms with Gasteiger partial charge in [-0.1, -0.05) is 12.1 Å². The van der Waals surface area contributed by atoms with Gasteiger partial charge in [0.2, 0.25) is 0 Å². The van der Waals surface area contributed by atoms with Crippen LogP contribution in [0.15, 0.2) is 54.6 Å². The van der Waals surface area contributed by atoms with Crippen molar-refractivity contribution < 1.29 is 9.90 Å². The Balaban J connectivity index is 1.76. The molecule has 4 aromatic rings. The molecule has 6 nitrogen and oxygen atoms in total. The third-order valence-corrected chi connectivity index (χ3v) is 4.91. The van der Waals surface area contributed by atoms with E-state index in [-0.39, 0.29) is 5.56 Å². The molecular formula is C23H18N4O2. The lowest BCUT2D eigenvalue weighted by molar-refractivity contribution is 0.0697. The first-order valence-electron chi connectivity index (χ1n) is 9.07. The number of hydrogen-bond acceptors (Lipinski definition) is 3. The van der Waals surface area contributed by atoms with Crippen LogP contribution < -0.4 is 0 Å². The van der Waals surface area contributed by atoms with Crippen LogP contribution in [0.1, 0.15) is 33.1 Å². The number of aromatic carboxylic acids is 1. The van der Waals surface area contributed by atoms with Gasteiger partial charge < -0.3 is 14.7 Å². The van der Waals surface area contributed by atoms with E-state index in [1.165, 1.54) is 0 Å². The molecule has 0 bridgehead atoms. The van der Waals surface area contributed by atoms with Crippen molar-refractivity contribution in [1.82, 2.24) is 14.5 Å². The van der Waals surface area contributed by atoms with Crippen molar-refractivity contribution in [3.63, 3.8) is 0 Å². The van der Waals surface area contributed by atoms with Crippen LogP contribution in [0.2, 0.25) is 0 Å². The number of carboxylic acid groups (broad SMARTS) is 1. The summed E-state index contributed by atoms with van der Waals surface area (Å²) in [5.41, 5.74) is 6.10. The first-order valence-corrected chi connectivity index (χ1v) is 9.07. The van der Waals surface area contributed by atoms with Crippen molar-refractivity contribution >= 4 is 28.7 Å². The van der Waals surface area contributed by atoms with E-state index in [1.54, 1.807) is 24.3 Å². The van der Waals surface area contributed by atoms with Crippen LogP contribution in [0.5, 0.6) is 0 Å². The lowest BCUT2D eigenvalue weighted by atomic mass is 10.1. The van der Waals surface area contributed by atoms with Gasteiger partial charge in [0.1, 0.15) is 11.9 Å². The number of fused-ring (bicyclic) bond motifs is 1. The third kappa shape index (κ3) is 3.30. The summed E-state index contributed by atoms with van der Waals surface area (Å²) in [6, 6.07) is 18.6. The summed E-state index contributed by atoms with van der Waals surface area (Å²) in [6.45, 7) is 3.94. The Labute approximate surface area is 167 Å². The summed E-state index contributed by atoms with van der Waals surface area (Å²) in [4.78, 5) is 18.8. The summed E-state index contributed by atoms with van der Waals surface area (Å²) in [6.07, 6.45) is 1.82. The molecule has 29 heavy (non-hydrogen) atoms. The topological polar surface area (TPSA) is 94.7 Å². The largest absolute Gasteiger partial charge is 0.478 e. The molecule has 0 amide bonds. The number of aryl methyl sites for hydroxylation is 1. The Morgan fingerprint density at radius 2 is 1.90 bits per heavy atom. The van der Waals surface area contributed by atoms with E-state index in [0.717, 1.165) is 33.7 Å². The second-order valence-electron chi connectivity index (χ2n) is 6.79. The number of carboxylic acids is 1. The Kier molecular flexibility index (Phi) is 4.49. The van der Waals surface area contributed by atoms with Gasteiger partial charge in [0.05, 0.1) is 22.2 Å². The van der Waals surface area contributed by atoms with Crippen LogP contribution in [0.25, 0.3) is 28.4 Å². The minimum absolute atomic E-state index is 0.244. The molecule has 0 aliphatic carbocycles. The van der Waals surface area contributed by atoms with Gasteiger partial charge in [-0.2, -0.15) is 5.26 Å².